The van der Waals surface area contributed by atoms with Gasteiger partial charge in [-0.2, -0.15) is 0 Å². The molecular weight excluding hydrogens is 312 g/mol. The Morgan fingerprint density at radius 2 is 1.80 bits per heavy atom. The molecule has 0 amide bonds. The van der Waals surface area contributed by atoms with Crippen LogP contribution >= 0.6 is 15.9 Å². The lowest BCUT2D eigenvalue weighted by molar-refractivity contribution is 0.0784. The van der Waals surface area contributed by atoms with E-state index in [9.17, 15) is 0 Å². The Hall–Kier alpha value is -0.380. The van der Waals surface area contributed by atoms with Gasteiger partial charge in [0, 0.05) is 36.2 Å². The number of hydrogen-bond acceptors (Lipinski definition) is 2. The predicted octanol–water partition coefficient (Wildman–Crippen LogP) is 3.90. The summed E-state index contributed by atoms with van der Waals surface area (Å²) in [6.07, 6.45) is 0. The van der Waals surface area contributed by atoms with Crippen LogP contribution in [0.2, 0.25) is 0 Å². The highest BCUT2D eigenvalue weighted by atomic mass is 79.9. The van der Waals surface area contributed by atoms with Crippen LogP contribution in [-0.4, -0.2) is 30.1 Å². The summed E-state index contributed by atoms with van der Waals surface area (Å²) in [5.41, 5.74) is 1.41. The Balaban J connectivity index is 2.08. The molecule has 1 saturated heterocycles. The molecule has 0 radical (unpaired) electrons. The molecule has 1 aromatic carbocycles. The lowest BCUT2D eigenvalue weighted by Crippen LogP contribution is -2.59. The van der Waals surface area contributed by atoms with Gasteiger partial charge in [-0.05, 0) is 29.5 Å². The molecular formula is C17H27BrN2. The van der Waals surface area contributed by atoms with Gasteiger partial charge in [-0.1, -0.05) is 55.8 Å². The van der Waals surface area contributed by atoms with Crippen molar-refractivity contribution < 1.29 is 0 Å². The van der Waals surface area contributed by atoms with Crippen molar-refractivity contribution in [2.24, 2.45) is 11.8 Å². The Labute approximate surface area is 132 Å². The van der Waals surface area contributed by atoms with E-state index in [-0.39, 0.29) is 0 Å². The number of nitrogens with one attached hydrogen (secondary N) is 1. The van der Waals surface area contributed by atoms with Crippen LogP contribution < -0.4 is 5.32 Å². The maximum absolute atomic E-state index is 3.73. The van der Waals surface area contributed by atoms with Crippen molar-refractivity contribution in [1.29, 1.82) is 0 Å². The SMILES string of the molecule is CC(C)C1CN(Cc2ccc(Br)cc2)C(C(C)C)CN1. The molecule has 0 aliphatic carbocycles. The van der Waals surface area contributed by atoms with Crippen molar-refractivity contribution in [2.45, 2.75) is 46.3 Å². The Morgan fingerprint density at radius 1 is 1.15 bits per heavy atom. The van der Waals surface area contributed by atoms with Gasteiger partial charge in [0.2, 0.25) is 0 Å². The summed E-state index contributed by atoms with van der Waals surface area (Å²) in [4.78, 5) is 2.66. The van der Waals surface area contributed by atoms with Crippen molar-refractivity contribution in [3.05, 3.63) is 34.3 Å². The monoisotopic (exact) mass is 338 g/mol. The van der Waals surface area contributed by atoms with E-state index in [1.165, 1.54) is 5.56 Å². The van der Waals surface area contributed by atoms with E-state index < -0.39 is 0 Å². The Morgan fingerprint density at radius 3 is 2.35 bits per heavy atom. The van der Waals surface area contributed by atoms with Crippen LogP contribution in [0.15, 0.2) is 28.7 Å². The minimum absolute atomic E-state index is 0.612. The zero-order chi connectivity index (χ0) is 14.7. The molecule has 3 heteroatoms. The molecule has 1 heterocycles. The highest BCUT2D eigenvalue weighted by molar-refractivity contribution is 9.10. The van der Waals surface area contributed by atoms with E-state index in [1.54, 1.807) is 0 Å². The van der Waals surface area contributed by atoms with Crippen LogP contribution in [0.1, 0.15) is 33.3 Å². The fourth-order valence-electron chi connectivity index (χ4n) is 2.96. The van der Waals surface area contributed by atoms with Gasteiger partial charge in [-0.25, -0.2) is 0 Å². The summed E-state index contributed by atoms with van der Waals surface area (Å²) < 4.78 is 1.15. The number of hydrogen-bond donors (Lipinski definition) is 1. The normalized spacial score (nSPS) is 24.6. The minimum Gasteiger partial charge on any atom is -0.311 e. The molecule has 2 atom stereocenters. The zero-order valence-electron chi connectivity index (χ0n) is 13.1. The molecule has 2 nitrogen and oxygen atoms in total. The molecule has 1 fully saturated rings. The largest absolute Gasteiger partial charge is 0.311 e. The summed E-state index contributed by atoms with van der Waals surface area (Å²) >= 11 is 3.51. The third-order valence-electron chi connectivity index (χ3n) is 4.36. The first kappa shape index (κ1) is 16.0. The molecule has 2 rings (SSSR count). The molecule has 0 bridgehead atoms. The van der Waals surface area contributed by atoms with Crippen LogP contribution in [0.4, 0.5) is 0 Å². The van der Waals surface area contributed by atoms with Gasteiger partial charge in [0.25, 0.3) is 0 Å². The van der Waals surface area contributed by atoms with Crippen LogP contribution in [0.3, 0.4) is 0 Å². The second-order valence-electron chi connectivity index (χ2n) is 6.63. The maximum Gasteiger partial charge on any atom is 0.0247 e. The standard InChI is InChI=1S/C17H27BrN2/c1-12(2)16-11-20(17(9-19-16)13(3)4)10-14-5-7-15(18)8-6-14/h5-8,12-13,16-17,19H,9-11H2,1-4H3. The van der Waals surface area contributed by atoms with E-state index in [4.69, 9.17) is 0 Å². The second kappa shape index (κ2) is 7.06. The van der Waals surface area contributed by atoms with Crippen molar-refractivity contribution >= 4 is 15.9 Å². The minimum atomic E-state index is 0.612. The van der Waals surface area contributed by atoms with Gasteiger partial charge < -0.3 is 5.32 Å². The molecule has 20 heavy (non-hydrogen) atoms. The molecule has 112 valence electrons. The number of halogens is 1. The van der Waals surface area contributed by atoms with Gasteiger partial charge in [0.05, 0.1) is 0 Å². The van der Waals surface area contributed by atoms with E-state index in [1.807, 2.05) is 0 Å². The van der Waals surface area contributed by atoms with Crippen molar-refractivity contribution in [2.75, 3.05) is 13.1 Å². The molecule has 0 saturated carbocycles. The average molecular weight is 339 g/mol. The summed E-state index contributed by atoms with van der Waals surface area (Å²) in [5, 5.41) is 3.73. The quantitative estimate of drug-likeness (QED) is 0.895. The molecule has 1 N–H and O–H groups in total. The molecule has 1 aromatic rings. The van der Waals surface area contributed by atoms with E-state index >= 15 is 0 Å². The van der Waals surface area contributed by atoms with Gasteiger partial charge in [0.1, 0.15) is 0 Å². The van der Waals surface area contributed by atoms with E-state index in [0.29, 0.717) is 23.9 Å². The first-order valence-corrected chi connectivity index (χ1v) is 8.48. The highest BCUT2D eigenvalue weighted by Gasteiger charge is 2.30. The predicted molar refractivity (Wildman–Crippen MR) is 89.8 cm³/mol. The van der Waals surface area contributed by atoms with Gasteiger partial charge in [-0.15, -0.1) is 0 Å². The molecule has 1 aliphatic rings. The maximum atomic E-state index is 3.73. The number of nitrogens with zero attached hydrogens (tertiary/aromatic N) is 1. The summed E-state index contributed by atoms with van der Waals surface area (Å²) in [6, 6.07) is 9.99. The lowest BCUT2D eigenvalue weighted by atomic mass is 9.94. The summed E-state index contributed by atoms with van der Waals surface area (Å²) in [7, 11) is 0. The first-order chi connectivity index (χ1) is 9.47. The smallest absolute Gasteiger partial charge is 0.0247 e. The Bertz CT molecular complexity index is 414. The van der Waals surface area contributed by atoms with Crippen molar-refractivity contribution in [3.63, 3.8) is 0 Å². The number of benzene rings is 1. The summed E-state index contributed by atoms with van der Waals surface area (Å²) in [5.74, 6) is 1.38. The molecule has 0 aromatic heterocycles. The molecule has 0 spiro atoms. The first-order valence-electron chi connectivity index (χ1n) is 7.69. The number of piperazine rings is 1. The van der Waals surface area contributed by atoms with Gasteiger partial charge in [0.15, 0.2) is 0 Å². The Kier molecular flexibility index (Phi) is 5.65. The van der Waals surface area contributed by atoms with E-state index in [2.05, 4.69) is 78.1 Å². The topological polar surface area (TPSA) is 15.3 Å². The lowest BCUT2D eigenvalue weighted by Gasteiger charge is -2.43. The molecule has 1 aliphatic heterocycles. The van der Waals surface area contributed by atoms with Crippen molar-refractivity contribution in [1.82, 2.24) is 10.2 Å². The third-order valence-corrected chi connectivity index (χ3v) is 4.89. The molecule has 2 unspecified atom stereocenters. The second-order valence-corrected chi connectivity index (χ2v) is 7.54. The van der Waals surface area contributed by atoms with Crippen LogP contribution in [0.5, 0.6) is 0 Å². The third kappa shape index (κ3) is 4.06. The zero-order valence-corrected chi connectivity index (χ0v) is 14.7. The number of rotatable bonds is 4. The van der Waals surface area contributed by atoms with Crippen molar-refractivity contribution in [3.8, 4) is 0 Å². The van der Waals surface area contributed by atoms with Gasteiger partial charge in [-0.3, -0.25) is 4.90 Å². The van der Waals surface area contributed by atoms with Crippen LogP contribution in [-0.2, 0) is 6.54 Å². The fraction of sp³-hybridized carbons (Fsp3) is 0.647. The fourth-order valence-corrected chi connectivity index (χ4v) is 3.23. The summed E-state index contributed by atoms with van der Waals surface area (Å²) in [6.45, 7) is 12.6. The van der Waals surface area contributed by atoms with Gasteiger partial charge >= 0.3 is 0 Å². The van der Waals surface area contributed by atoms with Crippen LogP contribution in [0, 0.1) is 11.8 Å². The van der Waals surface area contributed by atoms with Crippen LogP contribution in [0.25, 0.3) is 0 Å². The average Bonchev–Trinajstić information content (AvgIpc) is 2.41. The van der Waals surface area contributed by atoms with E-state index in [0.717, 1.165) is 24.1 Å². The highest BCUT2D eigenvalue weighted by Crippen LogP contribution is 2.21.